The molecule has 2 heterocycles. The lowest BCUT2D eigenvalue weighted by molar-refractivity contribution is -0.141. The van der Waals surface area contributed by atoms with Crippen LogP contribution in [0.2, 0.25) is 0 Å². The van der Waals surface area contributed by atoms with Gasteiger partial charge in [-0.05, 0) is 12.5 Å². The highest BCUT2D eigenvalue weighted by atomic mass is 19.4. The predicted octanol–water partition coefficient (Wildman–Crippen LogP) is 2.45. The van der Waals surface area contributed by atoms with Crippen LogP contribution in [0.4, 0.5) is 19.1 Å². The first-order valence-corrected chi connectivity index (χ1v) is 8.26. The predicted molar refractivity (Wildman–Crippen MR) is 92.9 cm³/mol. The van der Waals surface area contributed by atoms with Crippen molar-refractivity contribution in [2.45, 2.75) is 13.1 Å². The van der Waals surface area contributed by atoms with Gasteiger partial charge in [-0.3, -0.25) is 15.0 Å². The second-order valence-corrected chi connectivity index (χ2v) is 5.69. The van der Waals surface area contributed by atoms with Crippen molar-refractivity contribution in [1.82, 2.24) is 15.0 Å². The molecule has 0 fully saturated rings. The van der Waals surface area contributed by atoms with Gasteiger partial charge in [-0.1, -0.05) is 30.3 Å². The average molecular weight is 406 g/mol. The number of carbonyl (C=O) groups is 3. The van der Waals surface area contributed by atoms with Crippen molar-refractivity contribution < 1.29 is 32.3 Å². The maximum absolute atomic E-state index is 13.3. The number of alkyl halides is 3. The highest BCUT2D eigenvalue weighted by Gasteiger charge is 2.39. The fourth-order valence-corrected chi connectivity index (χ4v) is 2.51. The third-order valence-electron chi connectivity index (χ3n) is 3.77. The minimum absolute atomic E-state index is 0.0577. The molecular weight excluding hydrogens is 393 g/mol. The number of aromatic nitrogens is 2. The van der Waals surface area contributed by atoms with Crippen molar-refractivity contribution in [3.63, 3.8) is 0 Å². The van der Waals surface area contributed by atoms with Crippen molar-refractivity contribution in [2.75, 3.05) is 12.0 Å². The first-order valence-electron chi connectivity index (χ1n) is 8.26. The van der Waals surface area contributed by atoms with Crippen LogP contribution < -0.4 is 5.43 Å². The molecular formula is C18H13F3N4O4. The number of halogens is 3. The van der Waals surface area contributed by atoms with Crippen LogP contribution in [0.1, 0.15) is 28.5 Å². The molecule has 0 saturated heterocycles. The van der Waals surface area contributed by atoms with E-state index in [0.717, 1.165) is 6.08 Å². The Morgan fingerprint density at radius 1 is 1.21 bits per heavy atom. The molecule has 3 rings (SSSR count). The summed E-state index contributed by atoms with van der Waals surface area (Å²) in [5.41, 5.74) is 0.245. The van der Waals surface area contributed by atoms with E-state index in [1.165, 1.54) is 6.92 Å². The standard InChI is InChI=1S/C18H13F3N4O4/c1-2-29-16(28)12-9-22-17(23-14(12)18(19,20)21)24-25-13(26)8-11(15(25)27)10-6-4-3-5-7-10/h3-9H,2H2,1H3,(H,22,23,24). The Balaban J connectivity index is 1.88. The second kappa shape index (κ2) is 7.70. The number of imide groups is 1. The molecule has 2 amide bonds. The summed E-state index contributed by atoms with van der Waals surface area (Å²) in [6, 6.07) is 8.26. The number of anilines is 1. The van der Waals surface area contributed by atoms with Gasteiger partial charge in [-0.2, -0.15) is 18.2 Å². The molecule has 1 aromatic carbocycles. The summed E-state index contributed by atoms with van der Waals surface area (Å²) in [4.78, 5) is 43.2. The van der Waals surface area contributed by atoms with Crippen LogP contribution in [-0.2, 0) is 20.5 Å². The van der Waals surface area contributed by atoms with Gasteiger partial charge in [-0.25, -0.2) is 14.8 Å². The summed E-state index contributed by atoms with van der Waals surface area (Å²) in [5.74, 6) is -3.52. The Morgan fingerprint density at radius 3 is 2.52 bits per heavy atom. The molecule has 11 heteroatoms. The van der Waals surface area contributed by atoms with E-state index in [4.69, 9.17) is 0 Å². The molecule has 1 aliphatic rings. The molecule has 0 bridgehead atoms. The number of nitrogens with one attached hydrogen (secondary N) is 1. The van der Waals surface area contributed by atoms with Crippen molar-refractivity contribution in [2.24, 2.45) is 0 Å². The molecule has 1 aromatic heterocycles. The van der Waals surface area contributed by atoms with Gasteiger partial charge >= 0.3 is 12.1 Å². The van der Waals surface area contributed by atoms with Crippen molar-refractivity contribution in [3.05, 3.63) is 59.4 Å². The lowest BCUT2D eigenvalue weighted by atomic mass is 10.1. The van der Waals surface area contributed by atoms with Crippen LogP contribution in [0.5, 0.6) is 0 Å². The number of carbonyl (C=O) groups excluding carboxylic acids is 3. The Bertz CT molecular complexity index is 1010. The lowest BCUT2D eigenvalue weighted by Gasteiger charge is -2.17. The maximum atomic E-state index is 13.3. The summed E-state index contributed by atoms with van der Waals surface area (Å²) >= 11 is 0. The first kappa shape index (κ1) is 20.0. The number of benzene rings is 1. The number of rotatable bonds is 5. The molecule has 1 aliphatic heterocycles. The summed E-state index contributed by atoms with van der Waals surface area (Å²) in [5, 5.41) is 0.488. The van der Waals surface area contributed by atoms with E-state index < -0.39 is 41.2 Å². The van der Waals surface area contributed by atoms with E-state index in [1.54, 1.807) is 30.3 Å². The van der Waals surface area contributed by atoms with Crippen LogP contribution in [-0.4, -0.2) is 39.4 Å². The third-order valence-corrected chi connectivity index (χ3v) is 3.77. The highest BCUT2D eigenvalue weighted by Crippen LogP contribution is 2.31. The zero-order chi connectivity index (χ0) is 21.2. The third kappa shape index (κ3) is 4.08. The minimum atomic E-state index is -4.99. The molecule has 8 nitrogen and oxygen atoms in total. The van der Waals surface area contributed by atoms with Gasteiger partial charge < -0.3 is 4.74 Å². The number of hydrogen-bond donors (Lipinski definition) is 1. The van der Waals surface area contributed by atoms with E-state index in [9.17, 15) is 27.6 Å². The van der Waals surface area contributed by atoms with E-state index in [0.29, 0.717) is 16.8 Å². The van der Waals surface area contributed by atoms with E-state index >= 15 is 0 Å². The molecule has 1 N–H and O–H groups in total. The van der Waals surface area contributed by atoms with Crippen molar-refractivity contribution in [3.8, 4) is 0 Å². The molecule has 150 valence electrons. The van der Waals surface area contributed by atoms with Gasteiger partial charge in [0.15, 0.2) is 5.69 Å². The SMILES string of the molecule is CCOC(=O)c1cnc(NN2C(=O)C=C(c3ccccc3)C2=O)nc1C(F)(F)F. The van der Waals surface area contributed by atoms with Gasteiger partial charge in [-0.15, -0.1) is 0 Å². The smallest absolute Gasteiger partial charge is 0.434 e. The minimum Gasteiger partial charge on any atom is -0.462 e. The van der Waals surface area contributed by atoms with Crippen LogP contribution >= 0.6 is 0 Å². The zero-order valence-electron chi connectivity index (χ0n) is 14.9. The Kier molecular flexibility index (Phi) is 5.31. The molecule has 0 atom stereocenters. The number of amides is 2. The summed E-state index contributed by atoms with van der Waals surface area (Å²) < 4.78 is 44.5. The van der Waals surface area contributed by atoms with Gasteiger partial charge in [0.25, 0.3) is 11.8 Å². The summed E-state index contributed by atoms with van der Waals surface area (Å²) in [7, 11) is 0. The molecule has 2 aromatic rings. The maximum Gasteiger partial charge on any atom is 0.434 e. The van der Waals surface area contributed by atoms with Crippen molar-refractivity contribution >= 4 is 29.3 Å². The Labute approximate surface area is 162 Å². The van der Waals surface area contributed by atoms with E-state index in [-0.39, 0.29) is 12.2 Å². The molecule has 0 saturated carbocycles. The first-order chi connectivity index (χ1) is 13.7. The molecule has 0 unspecified atom stereocenters. The fourth-order valence-electron chi connectivity index (χ4n) is 2.51. The zero-order valence-corrected chi connectivity index (χ0v) is 14.9. The number of esters is 1. The molecule has 0 aliphatic carbocycles. The van der Waals surface area contributed by atoms with Gasteiger partial charge in [0, 0.05) is 12.3 Å². The van der Waals surface area contributed by atoms with E-state index in [2.05, 4.69) is 20.1 Å². The van der Waals surface area contributed by atoms with E-state index in [1.807, 2.05) is 0 Å². The number of hydrazine groups is 1. The average Bonchev–Trinajstić information content (AvgIpc) is 2.96. The summed E-state index contributed by atoms with van der Waals surface area (Å²) in [6.45, 7) is 1.30. The highest BCUT2D eigenvalue weighted by molar-refractivity contribution is 6.33. The molecule has 0 radical (unpaired) electrons. The van der Waals surface area contributed by atoms with Gasteiger partial charge in [0.05, 0.1) is 12.2 Å². The van der Waals surface area contributed by atoms with Crippen molar-refractivity contribution in [1.29, 1.82) is 0 Å². The Morgan fingerprint density at radius 2 is 1.90 bits per heavy atom. The normalized spacial score (nSPS) is 14.1. The Hall–Kier alpha value is -3.76. The fraction of sp³-hybridized carbons (Fsp3) is 0.167. The topological polar surface area (TPSA) is 101 Å². The van der Waals surface area contributed by atoms with Crippen LogP contribution in [0.25, 0.3) is 5.57 Å². The van der Waals surface area contributed by atoms with Gasteiger partial charge in [0.1, 0.15) is 5.56 Å². The van der Waals surface area contributed by atoms with Crippen LogP contribution in [0.3, 0.4) is 0 Å². The number of hydrogen-bond acceptors (Lipinski definition) is 7. The van der Waals surface area contributed by atoms with Crippen LogP contribution in [0.15, 0.2) is 42.6 Å². The quantitative estimate of drug-likeness (QED) is 0.601. The van der Waals surface area contributed by atoms with Crippen LogP contribution in [0, 0.1) is 0 Å². The number of ether oxygens (including phenoxy) is 1. The second-order valence-electron chi connectivity index (χ2n) is 5.69. The molecule has 29 heavy (non-hydrogen) atoms. The largest absolute Gasteiger partial charge is 0.462 e. The lowest BCUT2D eigenvalue weighted by Crippen LogP contribution is -2.37. The summed E-state index contributed by atoms with van der Waals surface area (Å²) in [6.07, 6.45) is -3.33. The monoisotopic (exact) mass is 406 g/mol. The molecule has 0 spiro atoms. The number of nitrogens with zero attached hydrogens (tertiary/aromatic N) is 3. The van der Waals surface area contributed by atoms with Gasteiger partial charge in [0.2, 0.25) is 5.95 Å².